The number of aryl methyl sites for hydroxylation is 1. The number of para-hydroxylation sites is 3. The van der Waals surface area contributed by atoms with Gasteiger partial charge < -0.3 is 10.1 Å². The number of fused-ring (bicyclic) bond motifs is 1. The number of ether oxygens (including phenoxy) is 1. The molecule has 4 aromatic carbocycles. The predicted molar refractivity (Wildman–Crippen MR) is 155 cm³/mol. The van der Waals surface area contributed by atoms with Crippen molar-refractivity contribution in [2.24, 2.45) is 0 Å². The summed E-state index contributed by atoms with van der Waals surface area (Å²) in [7, 11) is 0. The van der Waals surface area contributed by atoms with Crippen molar-refractivity contribution in [3.05, 3.63) is 120 Å². The summed E-state index contributed by atoms with van der Waals surface area (Å²) in [6.45, 7) is 4.44. The fraction of sp³-hybridized carbons (Fsp3) is 0.188. The standard InChI is InChI=1S/C32H31N5O3/c1-3-40-29-20-12-8-16-25(29)31(32(39)33-21-24-14-5-4-6-15-24)37(27-18-10-7-13-23(27)2)30(38)22-36-28-19-11-9-17-26(28)34-35-36/h4-20,31H,3,21-22H2,1-2H3,(H,33,39)/t31-/m0/s1. The van der Waals surface area contributed by atoms with E-state index >= 15 is 0 Å². The van der Waals surface area contributed by atoms with Crippen LogP contribution in [0.4, 0.5) is 5.69 Å². The van der Waals surface area contributed by atoms with Gasteiger partial charge in [-0.3, -0.25) is 14.5 Å². The minimum atomic E-state index is -1.00. The van der Waals surface area contributed by atoms with Crippen LogP contribution in [0.15, 0.2) is 103 Å². The van der Waals surface area contributed by atoms with Gasteiger partial charge in [-0.2, -0.15) is 0 Å². The Labute approximate surface area is 233 Å². The van der Waals surface area contributed by atoms with Crippen molar-refractivity contribution in [3.63, 3.8) is 0 Å². The molecule has 0 aliphatic rings. The normalized spacial score (nSPS) is 11.7. The highest BCUT2D eigenvalue weighted by Gasteiger charge is 2.35. The van der Waals surface area contributed by atoms with E-state index in [4.69, 9.17) is 4.74 Å². The average molecular weight is 534 g/mol. The zero-order chi connectivity index (χ0) is 27.9. The van der Waals surface area contributed by atoms with Gasteiger partial charge in [0, 0.05) is 17.8 Å². The number of hydrogen-bond donors (Lipinski definition) is 1. The molecule has 202 valence electrons. The van der Waals surface area contributed by atoms with Crippen molar-refractivity contribution in [1.29, 1.82) is 0 Å². The van der Waals surface area contributed by atoms with Crippen molar-refractivity contribution in [1.82, 2.24) is 20.3 Å². The van der Waals surface area contributed by atoms with E-state index < -0.39 is 6.04 Å². The molecule has 2 amide bonds. The maximum Gasteiger partial charge on any atom is 0.249 e. The lowest BCUT2D eigenvalue weighted by molar-refractivity contribution is -0.127. The number of aromatic nitrogens is 3. The van der Waals surface area contributed by atoms with Gasteiger partial charge in [-0.25, -0.2) is 4.68 Å². The number of carbonyl (C=O) groups is 2. The first-order chi connectivity index (χ1) is 19.6. The fourth-order valence-electron chi connectivity index (χ4n) is 4.76. The van der Waals surface area contributed by atoms with E-state index in [1.807, 2.05) is 117 Å². The summed E-state index contributed by atoms with van der Waals surface area (Å²) in [6.07, 6.45) is 0. The van der Waals surface area contributed by atoms with Gasteiger partial charge >= 0.3 is 0 Å². The second-order valence-electron chi connectivity index (χ2n) is 9.36. The molecule has 0 unspecified atom stereocenters. The molecule has 1 heterocycles. The Morgan fingerprint density at radius 2 is 1.60 bits per heavy atom. The lowest BCUT2D eigenvalue weighted by atomic mass is 10.0. The van der Waals surface area contributed by atoms with Crippen LogP contribution >= 0.6 is 0 Å². The predicted octanol–water partition coefficient (Wildman–Crippen LogP) is 5.23. The molecule has 0 radical (unpaired) electrons. The lowest BCUT2D eigenvalue weighted by Crippen LogP contribution is -2.45. The van der Waals surface area contributed by atoms with Gasteiger partial charge in [0.25, 0.3) is 0 Å². The number of benzene rings is 4. The highest BCUT2D eigenvalue weighted by atomic mass is 16.5. The molecule has 0 saturated heterocycles. The minimum absolute atomic E-state index is 0.103. The average Bonchev–Trinajstić information content (AvgIpc) is 3.39. The first-order valence-corrected chi connectivity index (χ1v) is 13.3. The van der Waals surface area contributed by atoms with Crippen LogP contribution in [0.2, 0.25) is 0 Å². The molecule has 0 fully saturated rings. The molecule has 0 aliphatic carbocycles. The topological polar surface area (TPSA) is 89.4 Å². The Morgan fingerprint density at radius 3 is 2.40 bits per heavy atom. The molecule has 5 aromatic rings. The van der Waals surface area contributed by atoms with Gasteiger partial charge in [0.05, 0.1) is 12.1 Å². The second-order valence-corrected chi connectivity index (χ2v) is 9.36. The minimum Gasteiger partial charge on any atom is -0.493 e. The molecule has 0 bridgehead atoms. The van der Waals surface area contributed by atoms with Crippen LogP contribution in [0, 0.1) is 6.92 Å². The van der Waals surface area contributed by atoms with Crippen molar-refractivity contribution in [2.45, 2.75) is 33.0 Å². The SMILES string of the molecule is CCOc1ccccc1[C@@H](C(=O)NCc1ccccc1)N(C(=O)Cn1nnc2ccccc21)c1ccccc1C. The Morgan fingerprint density at radius 1 is 0.900 bits per heavy atom. The zero-order valence-electron chi connectivity index (χ0n) is 22.5. The second kappa shape index (κ2) is 12.3. The first-order valence-electron chi connectivity index (χ1n) is 13.3. The maximum atomic E-state index is 14.3. The van der Waals surface area contributed by atoms with Crippen molar-refractivity contribution < 1.29 is 14.3 Å². The van der Waals surface area contributed by atoms with Gasteiger partial charge in [0.1, 0.15) is 23.9 Å². The number of nitrogens with zero attached hydrogens (tertiary/aromatic N) is 4. The molecule has 1 aromatic heterocycles. The van der Waals surface area contributed by atoms with E-state index in [1.165, 1.54) is 0 Å². The zero-order valence-corrected chi connectivity index (χ0v) is 22.5. The van der Waals surface area contributed by atoms with Gasteiger partial charge in [0.15, 0.2) is 0 Å². The lowest BCUT2D eigenvalue weighted by Gasteiger charge is -2.33. The summed E-state index contributed by atoms with van der Waals surface area (Å²) in [5.41, 5.74) is 4.46. The number of hydrogen-bond acceptors (Lipinski definition) is 5. The van der Waals surface area contributed by atoms with Crippen LogP contribution < -0.4 is 15.0 Å². The van der Waals surface area contributed by atoms with Gasteiger partial charge in [-0.1, -0.05) is 84.1 Å². The van der Waals surface area contributed by atoms with Gasteiger partial charge in [-0.15, -0.1) is 5.10 Å². The third-order valence-electron chi connectivity index (χ3n) is 6.68. The third-order valence-corrected chi connectivity index (χ3v) is 6.68. The quantitative estimate of drug-likeness (QED) is 0.266. The van der Waals surface area contributed by atoms with Gasteiger partial charge in [-0.05, 0) is 49.2 Å². The van der Waals surface area contributed by atoms with Crippen LogP contribution in [-0.2, 0) is 22.7 Å². The van der Waals surface area contributed by atoms with Gasteiger partial charge in [0.2, 0.25) is 11.8 Å². The van der Waals surface area contributed by atoms with Crippen molar-refractivity contribution >= 4 is 28.5 Å². The molecule has 40 heavy (non-hydrogen) atoms. The number of carbonyl (C=O) groups excluding carboxylic acids is 2. The van der Waals surface area contributed by atoms with E-state index in [0.29, 0.717) is 35.7 Å². The molecule has 8 nitrogen and oxygen atoms in total. The first kappa shape index (κ1) is 26.6. The Balaban J connectivity index is 1.60. The number of rotatable bonds is 10. The summed E-state index contributed by atoms with van der Waals surface area (Å²) < 4.78 is 7.51. The highest BCUT2D eigenvalue weighted by Crippen LogP contribution is 2.35. The number of nitrogens with one attached hydrogen (secondary N) is 1. The fourth-order valence-corrected chi connectivity index (χ4v) is 4.76. The van der Waals surface area contributed by atoms with E-state index in [1.54, 1.807) is 9.58 Å². The molecular weight excluding hydrogens is 502 g/mol. The van der Waals surface area contributed by atoms with E-state index in [2.05, 4.69) is 15.6 Å². The molecule has 8 heteroatoms. The highest BCUT2D eigenvalue weighted by molar-refractivity contribution is 6.02. The summed E-state index contributed by atoms with van der Waals surface area (Å²) >= 11 is 0. The van der Waals surface area contributed by atoms with Crippen molar-refractivity contribution in [3.8, 4) is 5.75 Å². The maximum absolute atomic E-state index is 14.3. The van der Waals surface area contributed by atoms with Crippen LogP contribution in [0.3, 0.4) is 0 Å². The Kier molecular flexibility index (Phi) is 8.15. The Bertz CT molecular complexity index is 1620. The third kappa shape index (κ3) is 5.71. The molecule has 5 rings (SSSR count). The summed E-state index contributed by atoms with van der Waals surface area (Å²) in [5, 5.41) is 11.5. The summed E-state index contributed by atoms with van der Waals surface area (Å²) in [5.74, 6) is -0.0883. The smallest absolute Gasteiger partial charge is 0.249 e. The molecule has 1 N–H and O–H groups in total. The van der Waals surface area contributed by atoms with Crippen molar-refractivity contribution in [2.75, 3.05) is 11.5 Å². The summed E-state index contributed by atoms with van der Waals surface area (Å²) in [6, 6.07) is 31.1. The van der Waals surface area contributed by atoms with E-state index in [-0.39, 0.29) is 18.4 Å². The largest absolute Gasteiger partial charge is 0.493 e. The van der Waals surface area contributed by atoms with E-state index in [9.17, 15) is 9.59 Å². The van der Waals surface area contributed by atoms with Crippen LogP contribution in [-0.4, -0.2) is 33.4 Å². The molecular formula is C32H31N5O3. The number of amides is 2. The Hall–Kier alpha value is -4.98. The molecule has 1 atom stereocenters. The molecule has 0 spiro atoms. The monoisotopic (exact) mass is 533 g/mol. The van der Waals surface area contributed by atoms with Crippen LogP contribution in [0.25, 0.3) is 11.0 Å². The van der Waals surface area contributed by atoms with E-state index in [0.717, 1.165) is 16.6 Å². The summed E-state index contributed by atoms with van der Waals surface area (Å²) in [4.78, 5) is 30.0. The molecule has 0 aliphatic heterocycles. The van der Waals surface area contributed by atoms with Crippen LogP contribution in [0.1, 0.15) is 29.7 Å². The number of anilines is 1. The van der Waals surface area contributed by atoms with Crippen LogP contribution in [0.5, 0.6) is 5.75 Å². The molecule has 0 saturated carbocycles.